The lowest BCUT2D eigenvalue weighted by Crippen LogP contribution is -2.08. The van der Waals surface area contributed by atoms with Crippen molar-refractivity contribution in [2.45, 2.75) is 20.3 Å². The SMILES string of the molecule is Cc1cc(C#CCC(N)=O)c(C)cc1N. The van der Waals surface area contributed by atoms with E-state index in [4.69, 9.17) is 11.5 Å². The summed E-state index contributed by atoms with van der Waals surface area (Å²) >= 11 is 0. The van der Waals surface area contributed by atoms with Crippen LogP contribution in [0.2, 0.25) is 0 Å². The van der Waals surface area contributed by atoms with Crippen molar-refractivity contribution in [3.8, 4) is 11.8 Å². The van der Waals surface area contributed by atoms with Gasteiger partial charge < -0.3 is 11.5 Å². The fourth-order valence-electron chi connectivity index (χ4n) is 1.20. The summed E-state index contributed by atoms with van der Waals surface area (Å²) < 4.78 is 0. The summed E-state index contributed by atoms with van der Waals surface area (Å²) in [6.45, 7) is 3.86. The minimum Gasteiger partial charge on any atom is -0.399 e. The number of amides is 1. The van der Waals surface area contributed by atoms with Crippen molar-refractivity contribution in [3.63, 3.8) is 0 Å². The molecule has 15 heavy (non-hydrogen) atoms. The fourth-order valence-corrected chi connectivity index (χ4v) is 1.20. The van der Waals surface area contributed by atoms with Crippen LogP contribution in [0.4, 0.5) is 5.69 Å². The van der Waals surface area contributed by atoms with Crippen LogP contribution in [0.3, 0.4) is 0 Å². The monoisotopic (exact) mass is 202 g/mol. The zero-order valence-electron chi connectivity index (χ0n) is 8.92. The Morgan fingerprint density at radius 2 is 2.00 bits per heavy atom. The topological polar surface area (TPSA) is 69.1 Å². The van der Waals surface area contributed by atoms with Crippen molar-refractivity contribution in [1.82, 2.24) is 0 Å². The van der Waals surface area contributed by atoms with E-state index in [-0.39, 0.29) is 6.42 Å². The van der Waals surface area contributed by atoms with Gasteiger partial charge in [0.1, 0.15) is 0 Å². The normalized spacial score (nSPS) is 9.20. The molecule has 1 aromatic carbocycles. The zero-order valence-corrected chi connectivity index (χ0v) is 8.92. The van der Waals surface area contributed by atoms with Crippen molar-refractivity contribution in [3.05, 3.63) is 28.8 Å². The van der Waals surface area contributed by atoms with E-state index in [1.165, 1.54) is 0 Å². The predicted octanol–water partition coefficient (Wildman–Crippen LogP) is 1.11. The van der Waals surface area contributed by atoms with E-state index in [0.29, 0.717) is 0 Å². The third-order valence-corrected chi connectivity index (χ3v) is 2.10. The first-order valence-corrected chi connectivity index (χ1v) is 4.64. The van der Waals surface area contributed by atoms with Gasteiger partial charge >= 0.3 is 0 Å². The molecule has 0 aliphatic heterocycles. The van der Waals surface area contributed by atoms with Gasteiger partial charge in [-0.1, -0.05) is 11.8 Å². The van der Waals surface area contributed by atoms with Crippen LogP contribution in [0.15, 0.2) is 12.1 Å². The van der Waals surface area contributed by atoms with E-state index in [9.17, 15) is 4.79 Å². The maximum Gasteiger partial charge on any atom is 0.229 e. The molecule has 0 aliphatic carbocycles. The molecule has 0 aliphatic rings. The maximum absolute atomic E-state index is 10.5. The minimum absolute atomic E-state index is 0.0862. The van der Waals surface area contributed by atoms with E-state index >= 15 is 0 Å². The third kappa shape index (κ3) is 3.03. The number of nitrogens with two attached hydrogens (primary N) is 2. The summed E-state index contributed by atoms with van der Waals surface area (Å²) in [7, 11) is 0. The lowest BCUT2D eigenvalue weighted by Gasteiger charge is -2.03. The van der Waals surface area contributed by atoms with Gasteiger partial charge in [-0.3, -0.25) is 4.79 Å². The molecule has 1 amide bonds. The van der Waals surface area contributed by atoms with Gasteiger partial charge in [0.25, 0.3) is 0 Å². The molecule has 0 fully saturated rings. The van der Waals surface area contributed by atoms with Crippen LogP contribution in [-0.4, -0.2) is 5.91 Å². The van der Waals surface area contributed by atoms with E-state index in [1.54, 1.807) is 0 Å². The van der Waals surface area contributed by atoms with Gasteiger partial charge in [0.2, 0.25) is 5.91 Å². The zero-order chi connectivity index (χ0) is 11.4. The molecule has 0 unspecified atom stereocenters. The third-order valence-electron chi connectivity index (χ3n) is 2.10. The number of hydrogen-bond donors (Lipinski definition) is 2. The van der Waals surface area contributed by atoms with Gasteiger partial charge in [0.05, 0.1) is 6.42 Å². The van der Waals surface area contributed by atoms with Gasteiger partial charge in [-0.15, -0.1) is 0 Å². The Morgan fingerprint density at radius 3 is 2.60 bits per heavy atom. The quantitative estimate of drug-likeness (QED) is 0.529. The Labute approximate surface area is 89.5 Å². The number of aryl methyl sites for hydroxylation is 2. The smallest absolute Gasteiger partial charge is 0.229 e. The number of hydrogen-bond acceptors (Lipinski definition) is 2. The number of nitrogen functional groups attached to an aromatic ring is 1. The lowest BCUT2D eigenvalue weighted by molar-refractivity contribution is -0.117. The summed E-state index contributed by atoms with van der Waals surface area (Å²) in [5.74, 6) is 5.22. The summed E-state index contributed by atoms with van der Waals surface area (Å²) in [5.41, 5.74) is 14.4. The Morgan fingerprint density at radius 1 is 1.33 bits per heavy atom. The number of anilines is 1. The van der Waals surface area contributed by atoms with Crippen LogP contribution < -0.4 is 11.5 Å². The van der Waals surface area contributed by atoms with Crippen molar-refractivity contribution >= 4 is 11.6 Å². The molecule has 1 aromatic rings. The fraction of sp³-hybridized carbons (Fsp3) is 0.250. The average Bonchev–Trinajstić information content (AvgIpc) is 2.13. The predicted molar refractivity (Wildman–Crippen MR) is 61.0 cm³/mol. The highest BCUT2D eigenvalue weighted by Gasteiger charge is 1.99. The molecule has 1 rings (SSSR count). The van der Waals surface area contributed by atoms with Crippen LogP contribution >= 0.6 is 0 Å². The number of primary amides is 1. The molecule has 0 saturated carbocycles. The van der Waals surface area contributed by atoms with E-state index in [0.717, 1.165) is 22.4 Å². The minimum atomic E-state index is -0.410. The Bertz CT molecular complexity index is 453. The molecular weight excluding hydrogens is 188 g/mol. The van der Waals surface area contributed by atoms with Gasteiger partial charge in [-0.25, -0.2) is 0 Å². The number of carbonyl (C=O) groups is 1. The van der Waals surface area contributed by atoms with E-state index in [1.807, 2.05) is 26.0 Å². The highest BCUT2D eigenvalue weighted by Crippen LogP contribution is 2.16. The first-order chi connectivity index (χ1) is 7.00. The summed E-state index contributed by atoms with van der Waals surface area (Å²) in [6, 6.07) is 3.79. The van der Waals surface area contributed by atoms with Gasteiger partial charge in [0, 0.05) is 11.3 Å². The molecule has 0 radical (unpaired) electrons. The van der Waals surface area contributed by atoms with Crippen LogP contribution in [0.5, 0.6) is 0 Å². The standard InChI is InChI=1S/C12H14N2O/c1-8-7-11(13)9(2)6-10(8)4-3-5-12(14)15/h6-7H,5,13H2,1-2H3,(H2,14,15). The van der Waals surface area contributed by atoms with Crippen LogP contribution in [0, 0.1) is 25.7 Å². The number of rotatable bonds is 1. The second-order valence-electron chi connectivity index (χ2n) is 3.47. The molecule has 4 N–H and O–H groups in total. The highest BCUT2D eigenvalue weighted by molar-refractivity contribution is 5.76. The molecule has 0 spiro atoms. The largest absolute Gasteiger partial charge is 0.399 e. The average molecular weight is 202 g/mol. The van der Waals surface area contributed by atoms with E-state index < -0.39 is 5.91 Å². The number of carbonyl (C=O) groups excluding carboxylic acids is 1. The first kappa shape index (κ1) is 11.1. The van der Waals surface area contributed by atoms with Gasteiger partial charge in [-0.05, 0) is 37.1 Å². The van der Waals surface area contributed by atoms with Gasteiger partial charge in [0.15, 0.2) is 0 Å². The highest BCUT2D eigenvalue weighted by atomic mass is 16.1. The van der Waals surface area contributed by atoms with Crippen molar-refractivity contribution < 1.29 is 4.79 Å². The molecule has 3 heteroatoms. The lowest BCUT2D eigenvalue weighted by atomic mass is 10.0. The van der Waals surface area contributed by atoms with Crippen LogP contribution in [0.1, 0.15) is 23.1 Å². The van der Waals surface area contributed by atoms with Crippen LogP contribution in [0.25, 0.3) is 0 Å². The molecule has 0 aromatic heterocycles. The van der Waals surface area contributed by atoms with Crippen molar-refractivity contribution in [1.29, 1.82) is 0 Å². The van der Waals surface area contributed by atoms with E-state index in [2.05, 4.69) is 11.8 Å². The van der Waals surface area contributed by atoms with Crippen molar-refractivity contribution in [2.75, 3.05) is 5.73 Å². The summed E-state index contributed by atoms with van der Waals surface area (Å²) in [6.07, 6.45) is 0.0862. The molecule has 0 saturated heterocycles. The Balaban J connectivity index is 2.98. The molecule has 0 atom stereocenters. The Kier molecular flexibility index (Phi) is 3.35. The second-order valence-corrected chi connectivity index (χ2v) is 3.47. The molecular formula is C12H14N2O. The molecule has 3 nitrogen and oxygen atoms in total. The molecule has 78 valence electrons. The van der Waals surface area contributed by atoms with Gasteiger partial charge in [-0.2, -0.15) is 0 Å². The summed E-state index contributed by atoms with van der Waals surface area (Å²) in [5, 5.41) is 0. The first-order valence-electron chi connectivity index (χ1n) is 4.64. The summed E-state index contributed by atoms with van der Waals surface area (Å²) in [4.78, 5) is 10.5. The molecule has 0 bridgehead atoms. The second kappa shape index (κ2) is 4.52. The van der Waals surface area contributed by atoms with Crippen LogP contribution in [-0.2, 0) is 4.79 Å². The maximum atomic E-state index is 10.5. The van der Waals surface area contributed by atoms with Crippen molar-refractivity contribution in [2.24, 2.45) is 5.73 Å². The molecule has 0 heterocycles. The number of benzene rings is 1. The Hall–Kier alpha value is -1.95.